The minimum atomic E-state index is -0.470. The van der Waals surface area contributed by atoms with Crippen molar-refractivity contribution in [1.82, 2.24) is 4.90 Å². The quantitative estimate of drug-likeness (QED) is 0.745. The second kappa shape index (κ2) is 6.03. The van der Waals surface area contributed by atoms with Gasteiger partial charge in [0.1, 0.15) is 0 Å². The first-order chi connectivity index (χ1) is 8.04. The molecule has 1 aromatic carbocycles. The molecular formula is C13H17NO3. The predicted octanol–water partition coefficient (Wildman–Crippen LogP) is 1.63. The van der Waals surface area contributed by atoms with Crippen LogP contribution in [0.25, 0.3) is 0 Å². The van der Waals surface area contributed by atoms with Crippen molar-refractivity contribution in [2.45, 2.75) is 13.8 Å². The Balaban J connectivity index is 2.50. The Morgan fingerprint density at radius 3 is 2.35 bits per heavy atom. The molecule has 0 atom stereocenters. The van der Waals surface area contributed by atoms with Gasteiger partial charge in [-0.15, -0.1) is 0 Å². The third-order valence-electron chi connectivity index (χ3n) is 2.51. The van der Waals surface area contributed by atoms with Crippen LogP contribution in [-0.4, -0.2) is 37.0 Å². The highest BCUT2D eigenvalue weighted by atomic mass is 16.5. The smallest absolute Gasteiger partial charge is 0.338 e. The van der Waals surface area contributed by atoms with Crippen molar-refractivity contribution >= 4 is 11.9 Å². The molecule has 0 bridgehead atoms. The Kier molecular flexibility index (Phi) is 4.69. The molecule has 0 aliphatic heterocycles. The number of hydrogen-bond donors (Lipinski definition) is 0. The minimum Gasteiger partial charge on any atom is -0.452 e. The number of aryl methyl sites for hydroxylation is 1. The summed E-state index contributed by atoms with van der Waals surface area (Å²) in [7, 11) is 1.67. The van der Waals surface area contributed by atoms with E-state index in [1.54, 1.807) is 19.2 Å². The lowest BCUT2D eigenvalue weighted by Gasteiger charge is -2.14. The number of benzene rings is 1. The number of hydrogen-bond acceptors (Lipinski definition) is 3. The first kappa shape index (κ1) is 13.2. The molecule has 0 aliphatic carbocycles. The van der Waals surface area contributed by atoms with Gasteiger partial charge in [-0.1, -0.05) is 17.7 Å². The van der Waals surface area contributed by atoms with Gasteiger partial charge in [0.2, 0.25) is 0 Å². The summed E-state index contributed by atoms with van der Waals surface area (Å²) in [5.74, 6) is -0.671. The van der Waals surface area contributed by atoms with Gasteiger partial charge in [-0.3, -0.25) is 4.79 Å². The van der Waals surface area contributed by atoms with E-state index in [9.17, 15) is 9.59 Å². The molecule has 17 heavy (non-hydrogen) atoms. The van der Waals surface area contributed by atoms with Gasteiger partial charge >= 0.3 is 5.97 Å². The summed E-state index contributed by atoms with van der Waals surface area (Å²) in [6.07, 6.45) is 0. The number of amides is 1. The standard InChI is InChI=1S/C13H17NO3/c1-4-14(3)12(15)9-17-13(16)11-7-5-10(2)6-8-11/h5-8H,4,9H2,1-3H3. The Morgan fingerprint density at radius 2 is 1.82 bits per heavy atom. The molecule has 0 heterocycles. The maximum atomic E-state index is 11.6. The molecule has 0 unspecified atom stereocenters. The summed E-state index contributed by atoms with van der Waals surface area (Å²) in [4.78, 5) is 24.5. The van der Waals surface area contributed by atoms with Crippen LogP contribution in [0.5, 0.6) is 0 Å². The Labute approximate surface area is 101 Å². The first-order valence-electron chi connectivity index (χ1n) is 5.52. The van der Waals surface area contributed by atoms with Crippen molar-refractivity contribution in [1.29, 1.82) is 0 Å². The highest BCUT2D eigenvalue weighted by Crippen LogP contribution is 2.04. The summed E-state index contributed by atoms with van der Waals surface area (Å²) in [5, 5.41) is 0. The number of nitrogens with zero attached hydrogens (tertiary/aromatic N) is 1. The molecular weight excluding hydrogens is 218 g/mol. The van der Waals surface area contributed by atoms with E-state index in [-0.39, 0.29) is 12.5 Å². The summed E-state index contributed by atoms with van der Waals surface area (Å²) < 4.78 is 4.92. The average molecular weight is 235 g/mol. The van der Waals surface area contributed by atoms with Gasteiger partial charge in [0.25, 0.3) is 5.91 Å². The fourth-order valence-corrected chi connectivity index (χ4v) is 1.19. The number of carbonyl (C=O) groups excluding carboxylic acids is 2. The highest BCUT2D eigenvalue weighted by Gasteiger charge is 2.11. The number of esters is 1. The van der Waals surface area contributed by atoms with Crippen LogP contribution in [0.1, 0.15) is 22.8 Å². The Morgan fingerprint density at radius 1 is 1.24 bits per heavy atom. The van der Waals surface area contributed by atoms with Crippen LogP contribution in [-0.2, 0) is 9.53 Å². The van der Waals surface area contributed by atoms with Gasteiger partial charge in [-0.25, -0.2) is 4.79 Å². The highest BCUT2D eigenvalue weighted by molar-refractivity contribution is 5.91. The normalized spacial score (nSPS) is 9.82. The fourth-order valence-electron chi connectivity index (χ4n) is 1.19. The van der Waals surface area contributed by atoms with E-state index in [1.807, 2.05) is 26.0 Å². The Bertz CT molecular complexity index is 398. The molecule has 0 radical (unpaired) electrons. The van der Waals surface area contributed by atoms with Crippen molar-refractivity contribution in [3.05, 3.63) is 35.4 Å². The van der Waals surface area contributed by atoms with Gasteiger partial charge in [-0.05, 0) is 26.0 Å². The van der Waals surface area contributed by atoms with Crippen molar-refractivity contribution < 1.29 is 14.3 Å². The monoisotopic (exact) mass is 235 g/mol. The zero-order chi connectivity index (χ0) is 12.8. The van der Waals surface area contributed by atoms with Crippen LogP contribution in [0.4, 0.5) is 0 Å². The molecule has 0 N–H and O–H groups in total. The van der Waals surface area contributed by atoms with Gasteiger partial charge in [-0.2, -0.15) is 0 Å². The lowest BCUT2D eigenvalue weighted by atomic mass is 10.1. The third kappa shape index (κ3) is 3.90. The zero-order valence-electron chi connectivity index (χ0n) is 10.4. The summed E-state index contributed by atoms with van der Waals surface area (Å²) in [5.41, 5.74) is 1.53. The topological polar surface area (TPSA) is 46.6 Å². The van der Waals surface area contributed by atoms with Crippen LogP contribution < -0.4 is 0 Å². The van der Waals surface area contributed by atoms with Crippen molar-refractivity contribution in [3.8, 4) is 0 Å². The second-order valence-corrected chi connectivity index (χ2v) is 3.85. The number of rotatable bonds is 4. The van der Waals surface area contributed by atoms with Crippen molar-refractivity contribution in [2.75, 3.05) is 20.2 Å². The largest absolute Gasteiger partial charge is 0.452 e. The van der Waals surface area contributed by atoms with Gasteiger partial charge in [0.05, 0.1) is 5.56 Å². The molecule has 1 aromatic rings. The number of carbonyl (C=O) groups is 2. The van der Waals surface area contributed by atoms with Crippen LogP contribution in [0.3, 0.4) is 0 Å². The van der Waals surface area contributed by atoms with Crippen molar-refractivity contribution in [2.24, 2.45) is 0 Å². The second-order valence-electron chi connectivity index (χ2n) is 3.85. The fraction of sp³-hybridized carbons (Fsp3) is 0.385. The molecule has 0 aromatic heterocycles. The van der Waals surface area contributed by atoms with Crippen molar-refractivity contribution in [3.63, 3.8) is 0 Å². The molecule has 0 fully saturated rings. The van der Waals surface area contributed by atoms with Crippen LogP contribution in [0, 0.1) is 6.92 Å². The lowest BCUT2D eigenvalue weighted by Crippen LogP contribution is -2.30. The van der Waals surface area contributed by atoms with E-state index < -0.39 is 5.97 Å². The molecule has 0 aliphatic rings. The molecule has 1 rings (SSSR count). The predicted molar refractivity (Wildman–Crippen MR) is 64.8 cm³/mol. The first-order valence-corrected chi connectivity index (χ1v) is 5.52. The zero-order valence-corrected chi connectivity index (χ0v) is 10.4. The van der Waals surface area contributed by atoms with E-state index in [4.69, 9.17) is 4.74 Å². The summed E-state index contributed by atoms with van der Waals surface area (Å²) >= 11 is 0. The molecule has 4 heteroatoms. The molecule has 0 saturated heterocycles. The summed E-state index contributed by atoms with van der Waals surface area (Å²) in [6, 6.07) is 7.03. The van der Waals surface area contributed by atoms with Gasteiger partial charge in [0.15, 0.2) is 6.61 Å². The van der Waals surface area contributed by atoms with E-state index in [0.29, 0.717) is 12.1 Å². The van der Waals surface area contributed by atoms with E-state index >= 15 is 0 Å². The van der Waals surface area contributed by atoms with E-state index in [1.165, 1.54) is 4.90 Å². The number of ether oxygens (including phenoxy) is 1. The van der Waals surface area contributed by atoms with Crippen LogP contribution in [0.15, 0.2) is 24.3 Å². The molecule has 92 valence electrons. The maximum Gasteiger partial charge on any atom is 0.338 e. The number of likely N-dealkylation sites (N-methyl/N-ethyl adjacent to an activating group) is 1. The lowest BCUT2D eigenvalue weighted by molar-refractivity contribution is -0.133. The van der Waals surface area contributed by atoms with Crippen LogP contribution >= 0.6 is 0 Å². The van der Waals surface area contributed by atoms with Crippen LogP contribution in [0.2, 0.25) is 0 Å². The molecule has 4 nitrogen and oxygen atoms in total. The van der Waals surface area contributed by atoms with Gasteiger partial charge in [0, 0.05) is 13.6 Å². The third-order valence-corrected chi connectivity index (χ3v) is 2.51. The molecule has 0 saturated carbocycles. The maximum absolute atomic E-state index is 11.6. The van der Waals surface area contributed by atoms with E-state index in [2.05, 4.69) is 0 Å². The Hall–Kier alpha value is -1.84. The molecule has 0 spiro atoms. The SMILES string of the molecule is CCN(C)C(=O)COC(=O)c1ccc(C)cc1. The molecule has 1 amide bonds. The van der Waals surface area contributed by atoms with Gasteiger partial charge < -0.3 is 9.64 Å². The average Bonchev–Trinajstić information content (AvgIpc) is 2.35. The summed E-state index contributed by atoms with van der Waals surface area (Å²) in [6.45, 7) is 4.19. The van der Waals surface area contributed by atoms with E-state index in [0.717, 1.165) is 5.56 Å². The minimum absolute atomic E-state index is 0.201.